The first-order valence-corrected chi connectivity index (χ1v) is 8.19. The quantitative estimate of drug-likeness (QED) is 0.282. The predicted molar refractivity (Wildman–Crippen MR) is 104 cm³/mol. The van der Waals surface area contributed by atoms with Crippen molar-refractivity contribution in [3.8, 4) is 5.75 Å². The maximum Gasteiger partial charge on any atom is 0.191 e. The van der Waals surface area contributed by atoms with Gasteiger partial charge in [-0.05, 0) is 30.5 Å². The molecule has 1 aromatic carbocycles. The Morgan fingerprint density at radius 1 is 1.21 bits per heavy atom. The van der Waals surface area contributed by atoms with Crippen molar-refractivity contribution in [3.63, 3.8) is 0 Å². The molecule has 0 spiro atoms. The number of thiophene rings is 1. The van der Waals surface area contributed by atoms with Crippen LogP contribution in [0.15, 0.2) is 40.7 Å². The van der Waals surface area contributed by atoms with Gasteiger partial charge in [-0.3, -0.25) is 0 Å². The highest BCUT2D eigenvalue weighted by Gasteiger charge is 2.03. The van der Waals surface area contributed by atoms with Gasteiger partial charge in [0.2, 0.25) is 0 Å². The summed E-state index contributed by atoms with van der Waals surface area (Å²) in [6.07, 6.45) is 0. The third kappa shape index (κ3) is 7.00. The number of hydrogen-bond donors (Lipinski definition) is 2. The van der Waals surface area contributed by atoms with Crippen molar-refractivity contribution in [2.75, 3.05) is 19.7 Å². The van der Waals surface area contributed by atoms with Crippen molar-refractivity contribution in [1.82, 2.24) is 10.6 Å². The summed E-state index contributed by atoms with van der Waals surface area (Å²) in [5, 5.41) is 8.28. The van der Waals surface area contributed by atoms with Gasteiger partial charge in [0.25, 0.3) is 0 Å². The van der Waals surface area contributed by atoms with E-state index in [2.05, 4.69) is 15.6 Å². The fourth-order valence-electron chi connectivity index (χ4n) is 1.81. The van der Waals surface area contributed by atoms with Crippen LogP contribution in [-0.4, -0.2) is 25.7 Å². The number of nitrogens with one attached hydrogen (secondary N) is 2. The molecule has 0 radical (unpaired) electrons. The highest BCUT2D eigenvalue weighted by Crippen LogP contribution is 2.15. The van der Waals surface area contributed by atoms with Gasteiger partial charge in [0.1, 0.15) is 12.4 Å². The van der Waals surface area contributed by atoms with E-state index in [1.807, 2.05) is 24.4 Å². The lowest BCUT2D eigenvalue weighted by atomic mass is 10.3. The van der Waals surface area contributed by atoms with Crippen LogP contribution in [0.25, 0.3) is 0 Å². The van der Waals surface area contributed by atoms with Gasteiger partial charge in [-0.1, -0.05) is 6.07 Å². The van der Waals surface area contributed by atoms with E-state index in [-0.39, 0.29) is 24.0 Å². The Balaban J connectivity index is 0.00000288. The fourth-order valence-corrected chi connectivity index (χ4v) is 2.43. The molecule has 8 heteroatoms. The van der Waals surface area contributed by atoms with E-state index in [4.69, 9.17) is 4.74 Å². The Labute approximate surface area is 161 Å². The number of benzene rings is 1. The first-order valence-electron chi connectivity index (χ1n) is 7.31. The Bertz CT molecular complexity index is 638. The van der Waals surface area contributed by atoms with Crippen LogP contribution < -0.4 is 15.4 Å². The first-order chi connectivity index (χ1) is 11.2. The molecule has 2 rings (SSSR count). The summed E-state index contributed by atoms with van der Waals surface area (Å²) >= 11 is 1.66. The summed E-state index contributed by atoms with van der Waals surface area (Å²) in [7, 11) is 0. The average molecular weight is 467 g/mol. The zero-order valence-electron chi connectivity index (χ0n) is 13.2. The van der Waals surface area contributed by atoms with E-state index >= 15 is 0 Å². The van der Waals surface area contributed by atoms with Gasteiger partial charge in [0, 0.05) is 17.5 Å². The number of nitrogens with zero attached hydrogens (tertiary/aromatic N) is 1. The molecule has 4 nitrogen and oxygen atoms in total. The Hall–Kier alpha value is -1.42. The van der Waals surface area contributed by atoms with Gasteiger partial charge in [-0.15, -0.1) is 35.3 Å². The van der Waals surface area contributed by atoms with E-state index in [0.29, 0.717) is 31.4 Å². The number of aliphatic imine (C=N–C) groups is 1. The number of guanidine groups is 1. The summed E-state index contributed by atoms with van der Waals surface area (Å²) < 4.78 is 31.2. The van der Waals surface area contributed by atoms with E-state index in [9.17, 15) is 8.78 Å². The molecule has 0 saturated carbocycles. The fraction of sp³-hybridized carbons (Fsp3) is 0.312. The van der Waals surface area contributed by atoms with Crippen molar-refractivity contribution in [2.24, 2.45) is 4.99 Å². The van der Waals surface area contributed by atoms with Crippen LogP contribution in [0.3, 0.4) is 0 Å². The molecule has 1 heterocycles. The molecule has 1 aromatic heterocycles. The molecule has 24 heavy (non-hydrogen) atoms. The van der Waals surface area contributed by atoms with Crippen LogP contribution in [-0.2, 0) is 6.54 Å². The topological polar surface area (TPSA) is 45.7 Å². The molecule has 0 amide bonds. The van der Waals surface area contributed by atoms with Gasteiger partial charge in [-0.2, -0.15) is 0 Å². The van der Waals surface area contributed by atoms with Crippen LogP contribution in [0, 0.1) is 11.6 Å². The number of rotatable bonds is 7. The number of hydrogen-bond acceptors (Lipinski definition) is 3. The minimum absolute atomic E-state index is 0. The highest BCUT2D eigenvalue weighted by atomic mass is 127. The van der Waals surface area contributed by atoms with Crippen LogP contribution in [0.1, 0.15) is 11.8 Å². The third-order valence-electron chi connectivity index (χ3n) is 2.87. The lowest BCUT2D eigenvalue weighted by Gasteiger charge is -2.12. The maximum absolute atomic E-state index is 13.1. The zero-order valence-corrected chi connectivity index (χ0v) is 16.4. The molecule has 2 N–H and O–H groups in total. The smallest absolute Gasteiger partial charge is 0.191 e. The Kier molecular flexibility index (Phi) is 9.62. The molecule has 0 aliphatic carbocycles. The van der Waals surface area contributed by atoms with Crippen LogP contribution in [0.5, 0.6) is 5.75 Å². The summed E-state index contributed by atoms with van der Waals surface area (Å²) in [5.74, 6) is -0.812. The van der Waals surface area contributed by atoms with Crippen LogP contribution in [0.4, 0.5) is 8.78 Å². The maximum atomic E-state index is 13.1. The minimum atomic E-state index is -0.915. The monoisotopic (exact) mass is 467 g/mol. The molecule has 0 bridgehead atoms. The predicted octanol–water partition coefficient (Wildman–Crippen LogP) is 3.78. The van der Waals surface area contributed by atoms with Gasteiger partial charge in [0.05, 0.1) is 13.1 Å². The molecule has 0 unspecified atom stereocenters. The van der Waals surface area contributed by atoms with Gasteiger partial charge in [0.15, 0.2) is 17.6 Å². The lowest BCUT2D eigenvalue weighted by Crippen LogP contribution is -2.39. The molecule has 0 fully saturated rings. The molecule has 0 aliphatic rings. The molecular weight excluding hydrogens is 447 g/mol. The standard InChI is InChI=1S/C16H19F2N3OS.HI/c1-2-19-16(21-11-13-4-3-9-23-13)20-7-8-22-12-5-6-14(17)15(18)10-12;/h3-6,9-10H,2,7-8,11H2,1H3,(H2,19,20,21);1H. The second kappa shape index (κ2) is 11.2. The Morgan fingerprint density at radius 2 is 2.04 bits per heavy atom. The number of ether oxygens (including phenoxy) is 1. The third-order valence-corrected chi connectivity index (χ3v) is 3.73. The highest BCUT2D eigenvalue weighted by molar-refractivity contribution is 14.0. The van der Waals surface area contributed by atoms with Crippen molar-refractivity contribution in [3.05, 3.63) is 52.2 Å². The molecule has 0 saturated heterocycles. The molecule has 0 aliphatic heterocycles. The zero-order chi connectivity index (χ0) is 16.5. The van der Waals surface area contributed by atoms with Crippen molar-refractivity contribution in [1.29, 1.82) is 0 Å². The first kappa shape index (κ1) is 20.6. The van der Waals surface area contributed by atoms with Crippen molar-refractivity contribution >= 4 is 41.3 Å². The van der Waals surface area contributed by atoms with Crippen molar-refractivity contribution < 1.29 is 13.5 Å². The molecular formula is C16H20F2IN3OS. The Morgan fingerprint density at radius 3 is 2.71 bits per heavy atom. The summed E-state index contributed by atoms with van der Waals surface area (Å²) in [6, 6.07) is 7.50. The molecule has 2 aromatic rings. The number of halogens is 3. The van der Waals surface area contributed by atoms with E-state index < -0.39 is 11.6 Å². The SMILES string of the molecule is CCNC(=NCc1cccs1)NCCOc1ccc(F)c(F)c1.I. The van der Waals surface area contributed by atoms with Gasteiger partial charge >= 0.3 is 0 Å². The lowest BCUT2D eigenvalue weighted by molar-refractivity contribution is 0.318. The second-order valence-electron chi connectivity index (χ2n) is 4.63. The minimum Gasteiger partial charge on any atom is -0.492 e. The van der Waals surface area contributed by atoms with E-state index in [1.54, 1.807) is 11.3 Å². The summed E-state index contributed by atoms with van der Waals surface area (Å²) in [4.78, 5) is 5.65. The largest absolute Gasteiger partial charge is 0.492 e. The summed E-state index contributed by atoms with van der Waals surface area (Å²) in [6.45, 7) is 4.15. The normalized spacial score (nSPS) is 10.9. The van der Waals surface area contributed by atoms with E-state index in [0.717, 1.165) is 18.7 Å². The molecule has 132 valence electrons. The van der Waals surface area contributed by atoms with Gasteiger partial charge < -0.3 is 15.4 Å². The average Bonchev–Trinajstić information content (AvgIpc) is 3.06. The summed E-state index contributed by atoms with van der Waals surface area (Å²) in [5.41, 5.74) is 0. The van der Waals surface area contributed by atoms with Gasteiger partial charge in [-0.25, -0.2) is 13.8 Å². The van der Waals surface area contributed by atoms with Crippen LogP contribution >= 0.6 is 35.3 Å². The van der Waals surface area contributed by atoms with Crippen molar-refractivity contribution in [2.45, 2.75) is 13.5 Å². The van der Waals surface area contributed by atoms with E-state index in [1.165, 1.54) is 10.9 Å². The van der Waals surface area contributed by atoms with Crippen LogP contribution in [0.2, 0.25) is 0 Å². The second-order valence-corrected chi connectivity index (χ2v) is 5.66. The molecule has 0 atom stereocenters.